The van der Waals surface area contributed by atoms with Crippen LogP contribution in [0.1, 0.15) is 19.0 Å². The highest BCUT2D eigenvalue weighted by Gasteiger charge is 2.35. The van der Waals surface area contributed by atoms with Gasteiger partial charge in [-0.1, -0.05) is 41.4 Å². The van der Waals surface area contributed by atoms with Crippen LogP contribution in [0, 0.1) is 0 Å². The minimum atomic E-state index is -0.784. The van der Waals surface area contributed by atoms with E-state index >= 15 is 0 Å². The van der Waals surface area contributed by atoms with Crippen LogP contribution in [0.3, 0.4) is 0 Å². The molecule has 3 aromatic rings. The van der Waals surface area contributed by atoms with Crippen molar-refractivity contribution in [3.05, 3.63) is 76.3 Å². The number of phenols is 1. The van der Waals surface area contributed by atoms with E-state index in [9.17, 15) is 5.11 Å². The maximum atomic E-state index is 9.85. The molecule has 0 saturated carbocycles. The molecule has 1 atom stereocenters. The predicted molar refractivity (Wildman–Crippen MR) is 132 cm³/mol. The van der Waals surface area contributed by atoms with Crippen molar-refractivity contribution < 1.29 is 9.84 Å². The van der Waals surface area contributed by atoms with Crippen molar-refractivity contribution in [2.45, 2.75) is 18.9 Å². The van der Waals surface area contributed by atoms with Crippen LogP contribution in [-0.2, 0) is 10.3 Å². The largest absolute Gasteiger partial charge is 0.505 e. The molecule has 164 valence electrons. The molecule has 0 saturated heterocycles. The third-order valence-electron chi connectivity index (χ3n) is 5.14. The standard InChI is InChI=1S/C23H20Cl2N4O2S/c1-2-31-15-4-3-7-23(11-15,29-22(26)32)20-12-27-18-6-5-13(10-19(18)28-20)14-8-16(24)21(30)17(25)9-14/h3-10,12,30H,2,11H2,1H3,(H3,26,29,32). The summed E-state index contributed by atoms with van der Waals surface area (Å²) in [6, 6.07) is 8.96. The number of nitrogens with two attached hydrogens (primary N) is 1. The SMILES string of the molecule is CCOC1=CC=CC(NC(N)=S)(c2cnc3ccc(-c4cc(Cl)c(O)c(Cl)c4)cc3n2)C1. The summed E-state index contributed by atoms with van der Waals surface area (Å²) in [4.78, 5) is 9.47. The summed E-state index contributed by atoms with van der Waals surface area (Å²) in [7, 11) is 0. The molecule has 0 spiro atoms. The molecule has 1 aliphatic carbocycles. The molecule has 0 amide bonds. The van der Waals surface area contributed by atoms with Crippen molar-refractivity contribution in [1.82, 2.24) is 15.3 Å². The molecule has 0 fully saturated rings. The number of aromatic hydroxyl groups is 1. The van der Waals surface area contributed by atoms with E-state index in [0.717, 1.165) is 22.4 Å². The summed E-state index contributed by atoms with van der Waals surface area (Å²) in [6.07, 6.45) is 7.95. The Labute approximate surface area is 200 Å². The lowest BCUT2D eigenvalue weighted by atomic mass is 9.86. The van der Waals surface area contributed by atoms with Gasteiger partial charge in [-0.3, -0.25) is 4.98 Å². The summed E-state index contributed by atoms with van der Waals surface area (Å²) < 4.78 is 5.73. The topological polar surface area (TPSA) is 93.3 Å². The molecule has 1 aliphatic rings. The van der Waals surface area contributed by atoms with Crippen LogP contribution in [0.4, 0.5) is 0 Å². The first kappa shape index (κ1) is 22.3. The van der Waals surface area contributed by atoms with E-state index in [-0.39, 0.29) is 20.9 Å². The highest BCUT2D eigenvalue weighted by Crippen LogP contribution is 2.37. The van der Waals surface area contributed by atoms with Gasteiger partial charge in [-0.15, -0.1) is 0 Å². The van der Waals surface area contributed by atoms with E-state index in [1.807, 2.05) is 43.4 Å². The van der Waals surface area contributed by atoms with Gasteiger partial charge < -0.3 is 20.9 Å². The lowest BCUT2D eigenvalue weighted by Crippen LogP contribution is -2.48. The third-order valence-corrected chi connectivity index (χ3v) is 5.82. The van der Waals surface area contributed by atoms with Crippen LogP contribution >= 0.6 is 35.4 Å². The second-order valence-electron chi connectivity index (χ2n) is 7.31. The average molecular weight is 487 g/mol. The highest BCUT2D eigenvalue weighted by atomic mass is 35.5. The minimum absolute atomic E-state index is 0.145. The smallest absolute Gasteiger partial charge is 0.164 e. The van der Waals surface area contributed by atoms with Gasteiger partial charge in [0, 0.05) is 6.42 Å². The number of nitrogens with zero attached hydrogens (tertiary/aromatic N) is 2. The van der Waals surface area contributed by atoms with Crippen molar-refractivity contribution >= 4 is 51.6 Å². The summed E-state index contributed by atoms with van der Waals surface area (Å²) in [5.74, 6) is 0.649. The van der Waals surface area contributed by atoms with Gasteiger partial charge in [-0.25, -0.2) is 4.98 Å². The first-order valence-corrected chi connectivity index (χ1v) is 11.0. The number of allylic oxidation sites excluding steroid dienone is 2. The molecule has 6 nitrogen and oxygen atoms in total. The monoisotopic (exact) mass is 486 g/mol. The fourth-order valence-electron chi connectivity index (χ4n) is 3.68. The molecule has 4 N–H and O–H groups in total. The lowest BCUT2D eigenvalue weighted by Gasteiger charge is -2.34. The fraction of sp³-hybridized carbons (Fsp3) is 0.174. The number of halogens is 2. The molecule has 0 radical (unpaired) electrons. The summed E-state index contributed by atoms with van der Waals surface area (Å²) >= 11 is 17.3. The number of ether oxygens (including phenoxy) is 1. The normalized spacial score (nSPS) is 17.8. The van der Waals surface area contributed by atoms with Crippen molar-refractivity contribution in [1.29, 1.82) is 0 Å². The first-order chi connectivity index (χ1) is 15.3. The molecule has 1 aromatic heterocycles. The van der Waals surface area contributed by atoms with E-state index in [2.05, 4.69) is 10.3 Å². The van der Waals surface area contributed by atoms with Crippen LogP contribution in [0.2, 0.25) is 10.0 Å². The minimum Gasteiger partial charge on any atom is -0.505 e. The molecule has 0 aliphatic heterocycles. The van der Waals surface area contributed by atoms with Crippen LogP contribution in [0.15, 0.2) is 60.5 Å². The fourth-order valence-corrected chi connectivity index (χ4v) is 4.35. The van der Waals surface area contributed by atoms with Gasteiger partial charge in [-0.05, 0) is 60.6 Å². The van der Waals surface area contributed by atoms with Crippen molar-refractivity contribution in [3.63, 3.8) is 0 Å². The Morgan fingerprint density at radius 2 is 1.97 bits per heavy atom. The lowest BCUT2D eigenvalue weighted by molar-refractivity contribution is 0.200. The zero-order valence-corrected chi connectivity index (χ0v) is 19.4. The van der Waals surface area contributed by atoms with Gasteiger partial charge in [0.25, 0.3) is 0 Å². The molecular weight excluding hydrogens is 467 g/mol. The van der Waals surface area contributed by atoms with E-state index in [1.54, 1.807) is 18.3 Å². The number of benzene rings is 2. The van der Waals surface area contributed by atoms with E-state index in [0.29, 0.717) is 24.2 Å². The zero-order chi connectivity index (χ0) is 22.9. The maximum absolute atomic E-state index is 9.85. The quantitative estimate of drug-likeness (QED) is 0.425. The number of aromatic nitrogens is 2. The Balaban J connectivity index is 1.80. The van der Waals surface area contributed by atoms with Gasteiger partial charge in [0.05, 0.1) is 45.3 Å². The second-order valence-corrected chi connectivity index (χ2v) is 8.56. The molecule has 2 aromatic carbocycles. The Morgan fingerprint density at radius 3 is 2.66 bits per heavy atom. The summed E-state index contributed by atoms with van der Waals surface area (Å²) in [5.41, 5.74) is 8.69. The Hall–Kier alpha value is -2.87. The number of hydrogen-bond acceptors (Lipinski definition) is 5. The number of hydrogen-bond donors (Lipinski definition) is 3. The zero-order valence-electron chi connectivity index (χ0n) is 17.1. The summed E-state index contributed by atoms with van der Waals surface area (Å²) in [6.45, 7) is 2.48. The average Bonchev–Trinajstić information content (AvgIpc) is 2.76. The predicted octanol–water partition coefficient (Wildman–Crippen LogP) is 5.22. The Bertz CT molecular complexity index is 1260. The number of thiocarbonyl (C=S) groups is 1. The number of nitrogens with one attached hydrogen (secondary N) is 1. The molecule has 32 heavy (non-hydrogen) atoms. The molecular formula is C23H20Cl2N4O2S. The third kappa shape index (κ3) is 4.37. The maximum Gasteiger partial charge on any atom is 0.164 e. The molecule has 9 heteroatoms. The number of phenolic OH excluding ortho intramolecular Hbond substituents is 1. The van der Waals surface area contributed by atoms with Crippen LogP contribution in [0.5, 0.6) is 5.75 Å². The molecule has 4 rings (SSSR count). The summed E-state index contributed by atoms with van der Waals surface area (Å²) in [5, 5.41) is 13.5. The Morgan fingerprint density at radius 1 is 1.22 bits per heavy atom. The second kappa shape index (κ2) is 8.94. The first-order valence-electron chi connectivity index (χ1n) is 9.86. The van der Waals surface area contributed by atoms with Crippen LogP contribution in [0.25, 0.3) is 22.2 Å². The van der Waals surface area contributed by atoms with Gasteiger partial charge in [0.15, 0.2) is 10.9 Å². The Kier molecular flexibility index (Phi) is 6.24. The molecule has 1 unspecified atom stereocenters. The number of fused-ring (bicyclic) bond motifs is 1. The van der Waals surface area contributed by atoms with Crippen molar-refractivity contribution in [2.75, 3.05) is 6.61 Å². The van der Waals surface area contributed by atoms with Crippen molar-refractivity contribution in [2.24, 2.45) is 5.73 Å². The van der Waals surface area contributed by atoms with Gasteiger partial charge in [0.1, 0.15) is 5.54 Å². The highest BCUT2D eigenvalue weighted by molar-refractivity contribution is 7.80. The van der Waals surface area contributed by atoms with Gasteiger partial charge in [-0.2, -0.15) is 0 Å². The molecule has 1 heterocycles. The van der Waals surface area contributed by atoms with Crippen LogP contribution < -0.4 is 11.1 Å². The van der Waals surface area contributed by atoms with Crippen LogP contribution in [-0.4, -0.2) is 26.8 Å². The molecule has 0 bridgehead atoms. The van der Waals surface area contributed by atoms with E-state index in [1.165, 1.54) is 0 Å². The van der Waals surface area contributed by atoms with E-state index in [4.69, 9.17) is 50.9 Å². The van der Waals surface area contributed by atoms with E-state index < -0.39 is 5.54 Å². The van der Waals surface area contributed by atoms with Crippen molar-refractivity contribution in [3.8, 4) is 16.9 Å². The van der Waals surface area contributed by atoms with Gasteiger partial charge >= 0.3 is 0 Å². The number of rotatable bonds is 5. The van der Waals surface area contributed by atoms with Gasteiger partial charge in [0.2, 0.25) is 0 Å².